The number of unbranched alkanes of at least 4 members (excludes halogenated alkanes) is 2. The van der Waals surface area contributed by atoms with E-state index in [1.165, 1.54) is 64.2 Å². The first-order chi connectivity index (χ1) is 14.8. The van der Waals surface area contributed by atoms with Gasteiger partial charge in [0, 0.05) is 0 Å². The summed E-state index contributed by atoms with van der Waals surface area (Å²) in [6.07, 6.45) is 36.1. The topological polar surface area (TPSA) is 0 Å². The third-order valence-electron chi connectivity index (χ3n) is 5.75. The van der Waals surface area contributed by atoms with Crippen molar-refractivity contribution in [1.29, 1.82) is 0 Å². The fourth-order valence-electron chi connectivity index (χ4n) is 3.97. The number of hydrogen-bond donors (Lipinski definition) is 0. The van der Waals surface area contributed by atoms with Gasteiger partial charge in [0.15, 0.2) is 0 Å². The summed E-state index contributed by atoms with van der Waals surface area (Å²) in [5.74, 6) is 0. The summed E-state index contributed by atoms with van der Waals surface area (Å²) in [6, 6.07) is 0. The second kappa shape index (κ2) is 21.6. The molecule has 0 fully saturated rings. The molecule has 189 valence electrons. The average Bonchev–Trinajstić information content (AvgIpc) is 3.56. The molecule has 0 radical (unpaired) electrons. The summed E-state index contributed by atoms with van der Waals surface area (Å²) >= 11 is -0.349. The summed E-state index contributed by atoms with van der Waals surface area (Å²) in [7, 11) is 0. The standard InChI is InChI=1S/2C9H13.2C5H5.4ClH.Hf.V/c2*1-2-3-6-9-7-4-5-8-9;2*1-2-4-5-3-1;;;;;;/h2*4,7H,2-3,5-6H2,1H3;2*1-3H,4H2;4*1H;;. The van der Waals surface area contributed by atoms with Gasteiger partial charge in [0.05, 0.1) is 0 Å². The van der Waals surface area contributed by atoms with Crippen molar-refractivity contribution in [3.63, 3.8) is 0 Å². The number of hydrogen-bond acceptors (Lipinski definition) is 0. The first kappa shape index (κ1) is 36.7. The van der Waals surface area contributed by atoms with Crippen LogP contribution in [0.2, 0.25) is 0 Å². The van der Waals surface area contributed by atoms with Crippen molar-refractivity contribution in [3.05, 3.63) is 87.1 Å². The van der Waals surface area contributed by atoms with E-state index in [-0.39, 0.29) is 49.6 Å². The Balaban J connectivity index is 0. The fraction of sp³-hybridized carbons (Fsp3) is 0.429. The SMILES string of the molecule is C1=CC[C]([V][C]2=CC=CC2)=C1.CCCCC1=[C]([Hf][C]2=C(CCCC)C=CC2)CC=C1.Cl.Cl.Cl.Cl. The third-order valence-corrected chi connectivity index (χ3v) is 13.6. The van der Waals surface area contributed by atoms with Crippen molar-refractivity contribution in [2.75, 3.05) is 0 Å². The molecule has 0 bridgehead atoms. The summed E-state index contributed by atoms with van der Waals surface area (Å²) < 4.78 is 7.08. The second-order valence-electron chi connectivity index (χ2n) is 8.25. The van der Waals surface area contributed by atoms with Crippen molar-refractivity contribution in [2.24, 2.45) is 0 Å². The molecule has 0 aromatic heterocycles. The van der Waals surface area contributed by atoms with Gasteiger partial charge in [0.25, 0.3) is 0 Å². The zero-order chi connectivity index (χ0) is 21.0. The summed E-state index contributed by atoms with van der Waals surface area (Å²) in [5.41, 5.74) is 3.44. The maximum Gasteiger partial charge on any atom is -0.147 e. The zero-order valence-corrected chi connectivity index (χ0v) is 28.7. The molecule has 4 rings (SSSR count). The Morgan fingerprint density at radius 1 is 0.647 bits per heavy atom. The van der Waals surface area contributed by atoms with Gasteiger partial charge in [-0.05, 0) is 0 Å². The molecule has 6 heteroatoms. The molecule has 0 spiro atoms. The van der Waals surface area contributed by atoms with E-state index in [1.807, 2.05) is 6.66 Å². The number of rotatable bonds is 10. The molecule has 0 heterocycles. The minimum atomic E-state index is -0.707. The third kappa shape index (κ3) is 12.7. The fourth-order valence-corrected chi connectivity index (χ4v) is 11.2. The predicted molar refractivity (Wildman–Crippen MR) is 153 cm³/mol. The Morgan fingerprint density at radius 2 is 1.09 bits per heavy atom. The van der Waals surface area contributed by atoms with Gasteiger partial charge in [0.1, 0.15) is 0 Å². The zero-order valence-electron chi connectivity index (χ0n) is 20.4. The molecule has 0 saturated carbocycles. The molecule has 0 unspecified atom stereocenters. The van der Waals surface area contributed by atoms with Crippen LogP contribution in [0, 0.1) is 0 Å². The van der Waals surface area contributed by atoms with Crippen LogP contribution in [0.3, 0.4) is 0 Å². The smallest absolute Gasteiger partial charge is 0.147 e. The van der Waals surface area contributed by atoms with E-state index in [0.717, 1.165) is 0 Å². The monoisotopic (exact) mass is 747 g/mol. The molecule has 0 nitrogen and oxygen atoms in total. The van der Waals surface area contributed by atoms with Crippen molar-refractivity contribution in [1.82, 2.24) is 0 Å². The molecule has 4 aliphatic carbocycles. The molecule has 0 aliphatic heterocycles. The van der Waals surface area contributed by atoms with E-state index in [4.69, 9.17) is 0 Å². The molecule has 0 amide bonds. The normalized spacial score (nSPS) is 16.6. The minimum absolute atomic E-state index is 0. The van der Waals surface area contributed by atoms with Gasteiger partial charge < -0.3 is 0 Å². The molecule has 0 aromatic rings. The van der Waals surface area contributed by atoms with E-state index in [0.29, 0.717) is 16.3 Å². The predicted octanol–water partition coefficient (Wildman–Crippen LogP) is 10.3. The molecular formula is C28H40Cl4HfV. The Bertz CT molecular complexity index is 776. The van der Waals surface area contributed by atoms with Crippen LogP contribution in [0.1, 0.15) is 78.1 Å². The molecule has 0 N–H and O–H groups in total. The number of halogens is 4. The van der Waals surface area contributed by atoms with Gasteiger partial charge in [-0.3, -0.25) is 0 Å². The van der Waals surface area contributed by atoms with E-state index in [9.17, 15) is 0 Å². The Kier molecular flexibility index (Phi) is 23.3. The Hall–Kier alpha value is 0.535. The van der Waals surface area contributed by atoms with Crippen molar-refractivity contribution in [2.45, 2.75) is 78.1 Å². The summed E-state index contributed by atoms with van der Waals surface area (Å²) in [6.45, 7) is 4.60. The van der Waals surface area contributed by atoms with E-state index in [1.54, 1.807) is 19.7 Å². The van der Waals surface area contributed by atoms with Crippen molar-refractivity contribution in [3.8, 4) is 0 Å². The molecule has 0 aromatic carbocycles. The van der Waals surface area contributed by atoms with Crippen LogP contribution >= 0.6 is 49.6 Å². The Morgan fingerprint density at radius 3 is 1.44 bits per heavy atom. The van der Waals surface area contributed by atoms with Gasteiger partial charge in [-0.2, -0.15) is 0 Å². The largest absolute Gasteiger partial charge is 0.147 e. The molecule has 34 heavy (non-hydrogen) atoms. The summed E-state index contributed by atoms with van der Waals surface area (Å²) in [4.78, 5) is 0. The van der Waals surface area contributed by atoms with E-state index < -0.39 is 22.9 Å². The molecule has 0 saturated heterocycles. The van der Waals surface area contributed by atoms with Gasteiger partial charge in [-0.25, -0.2) is 0 Å². The van der Waals surface area contributed by atoms with Gasteiger partial charge in [-0.1, -0.05) is 0 Å². The average molecular weight is 748 g/mol. The molecule has 4 aliphatic rings. The van der Waals surface area contributed by atoms with E-state index >= 15 is 0 Å². The Labute approximate surface area is 251 Å². The molecule has 0 atom stereocenters. The maximum atomic E-state index is 2.42. The second-order valence-corrected chi connectivity index (χ2v) is 15.6. The maximum absolute atomic E-state index is 2.42. The van der Waals surface area contributed by atoms with Crippen LogP contribution in [0.5, 0.6) is 0 Å². The van der Waals surface area contributed by atoms with Gasteiger partial charge in [-0.15, -0.1) is 49.6 Å². The first-order valence-corrected chi connectivity index (χ1v) is 16.8. The van der Waals surface area contributed by atoms with Crippen LogP contribution in [-0.4, -0.2) is 0 Å². The van der Waals surface area contributed by atoms with E-state index in [2.05, 4.69) is 74.6 Å². The van der Waals surface area contributed by atoms with Gasteiger partial charge >= 0.3 is 204 Å². The minimum Gasteiger partial charge on any atom is -0.147 e. The quantitative estimate of drug-likeness (QED) is 0.195. The van der Waals surface area contributed by atoms with Crippen molar-refractivity contribution >= 4 is 49.6 Å². The van der Waals surface area contributed by atoms with Crippen molar-refractivity contribution < 1.29 is 39.2 Å². The van der Waals surface area contributed by atoms with Crippen LogP contribution in [0.15, 0.2) is 87.1 Å². The van der Waals surface area contributed by atoms with Gasteiger partial charge in [0.2, 0.25) is 0 Å². The molecular weight excluding hydrogens is 708 g/mol. The van der Waals surface area contributed by atoms with Crippen LogP contribution in [0.25, 0.3) is 0 Å². The first-order valence-electron chi connectivity index (χ1n) is 11.8. The van der Waals surface area contributed by atoms with Crippen LogP contribution in [-0.2, 0) is 39.2 Å². The van der Waals surface area contributed by atoms with Crippen LogP contribution in [0.4, 0.5) is 0 Å². The van der Waals surface area contributed by atoms with Crippen LogP contribution < -0.4 is 0 Å². The number of allylic oxidation sites excluding steroid dienone is 16. The summed E-state index contributed by atoms with van der Waals surface area (Å²) in [5, 5.41) is 0.